The van der Waals surface area contributed by atoms with Gasteiger partial charge in [0.05, 0.1) is 5.69 Å². The van der Waals surface area contributed by atoms with E-state index in [0.717, 1.165) is 22.5 Å². The van der Waals surface area contributed by atoms with Crippen molar-refractivity contribution in [2.45, 2.75) is 6.92 Å². The summed E-state index contributed by atoms with van der Waals surface area (Å²) in [6.07, 6.45) is 7.27. The van der Waals surface area contributed by atoms with E-state index < -0.39 is 0 Å². The topological polar surface area (TPSA) is 28.7 Å². The molecule has 0 aliphatic carbocycles. The first-order valence-electron chi connectivity index (χ1n) is 5.15. The Labute approximate surface area is 95.4 Å². The van der Waals surface area contributed by atoms with Crippen molar-refractivity contribution in [3.05, 3.63) is 54.5 Å². The summed E-state index contributed by atoms with van der Waals surface area (Å²) >= 11 is 0. The highest BCUT2D eigenvalue weighted by molar-refractivity contribution is 5.75. The molecule has 2 aromatic heterocycles. The Kier molecular flexibility index (Phi) is 2.73. The van der Waals surface area contributed by atoms with Crippen LogP contribution in [0.2, 0.25) is 0 Å². The molecule has 0 spiro atoms. The molecule has 0 aromatic carbocycles. The predicted octanol–water partition coefficient (Wildman–Crippen LogP) is 3.67. The number of hydrogen-bond donors (Lipinski definition) is 1. The second-order valence-corrected chi connectivity index (χ2v) is 3.60. The van der Waals surface area contributed by atoms with Crippen molar-refractivity contribution in [3.8, 4) is 11.3 Å². The van der Waals surface area contributed by atoms with Gasteiger partial charge in [-0.2, -0.15) is 0 Å². The number of pyridine rings is 1. The van der Waals surface area contributed by atoms with E-state index >= 15 is 0 Å². The first kappa shape index (κ1) is 10.4. The monoisotopic (exact) mass is 210 g/mol. The molecule has 2 aromatic rings. The highest BCUT2D eigenvalue weighted by atomic mass is 14.7. The minimum atomic E-state index is 1.01. The summed E-state index contributed by atoms with van der Waals surface area (Å²) in [6, 6.07) is 3.96. The third-order valence-corrected chi connectivity index (χ3v) is 2.69. The zero-order valence-electron chi connectivity index (χ0n) is 9.33. The molecule has 0 fully saturated rings. The van der Waals surface area contributed by atoms with Gasteiger partial charge in [-0.25, -0.2) is 0 Å². The Balaban J connectivity index is 2.63. The average Bonchev–Trinajstić information content (AvgIpc) is 2.66. The van der Waals surface area contributed by atoms with Crippen molar-refractivity contribution < 1.29 is 0 Å². The summed E-state index contributed by atoms with van der Waals surface area (Å²) in [7, 11) is 0. The first-order valence-corrected chi connectivity index (χ1v) is 5.15. The average molecular weight is 210 g/mol. The minimum Gasteiger partial charge on any atom is -0.354 e. The van der Waals surface area contributed by atoms with Gasteiger partial charge in [-0.1, -0.05) is 19.2 Å². The number of hydrogen-bond acceptors (Lipinski definition) is 1. The molecular formula is C14H14N2. The van der Waals surface area contributed by atoms with Gasteiger partial charge in [0.15, 0.2) is 0 Å². The molecule has 0 amide bonds. The van der Waals surface area contributed by atoms with Crippen LogP contribution in [0.25, 0.3) is 23.4 Å². The molecule has 0 unspecified atom stereocenters. The molecule has 16 heavy (non-hydrogen) atoms. The van der Waals surface area contributed by atoms with Crippen molar-refractivity contribution in [1.82, 2.24) is 9.97 Å². The van der Waals surface area contributed by atoms with Crippen molar-refractivity contribution in [3.63, 3.8) is 0 Å². The van der Waals surface area contributed by atoms with Crippen molar-refractivity contribution in [2.24, 2.45) is 0 Å². The van der Waals surface area contributed by atoms with Crippen LogP contribution in [0.5, 0.6) is 0 Å². The fourth-order valence-electron chi connectivity index (χ4n) is 1.86. The highest BCUT2D eigenvalue weighted by Gasteiger charge is 2.10. The molecule has 0 saturated heterocycles. The lowest BCUT2D eigenvalue weighted by Crippen LogP contribution is -1.81. The maximum atomic E-state index is 4.12. The molecule has 2 heteroatoms. The largest absolute Gasteiger partial charge is 0.354 e. The first-order chi connectivity index (χ1) is 7.77. The number of aromatic nitrogens is 2. The second kappa shape index (κ2) is 4.19. The van der Waals surface area contributed by atoms with Gasteiger partial charge in [-0.3, -0.25) is 4.98 Å². The van der Waals surface area contributed by atoms with Crippen LogP contribution < -0.4 is 0 Å². The second-order valence-electron chi connectivity index (χ2n) is 3.60. The Bertz CT molecular complexity index is 521. The van der Waals surface area contributed by atoms with Crippen LogP contribution in [-0.4, -0.2) is 9.97 Å². The Morgan fingerprint density at radius 1 is 1.31 bits per heavy atom. The van der Waals surface area contributed by atoms with Gasteiger partial charge in [-0.15, -0.1) is 0 Å². The minimum absolute atomic E-state index is 1.01. The number of nitrogens with zero attached hydrogens (tertiary/aromatic N) is 1. The molecule has 0 bridgehead atoms. The van der Waals surface area contributed by atoms with Crippen LogP contribution in [0, 0.1) is 6.92 Å². The molecule has 0 aliphatic rings. The molecule has 1 N–H and O–H groups in total. The number of H-pyrrole nitrogens is 1. The van der Waals surface area contributed by atoms with E-state index in [0.29, 0.717) is 0 Å². The Morgan fingerprint density at radius 2 is 2.12 bits per heavy atom. The summed E-state index contributed by atoms with van der Waals surface area (Å²) in [5, 5.41) is 0. The van der Waals surface area contributed by atoms with Crippen molar-refractivity contribution in [2.75, 3.05) is 0 Å². The summed E-state index contributed by atoms with van der Waals surface area (Å²) in [5.74, 6) is 0. The van der Waals surface area contributed by atoms with Gasteiger partial charge in [0.2, 0.25) is 0 Å². The Hall–Kier alpha value is -2.09. The molecule has 0 saturated carbocycles. The molecular weight excluding hydrogens is 196 g/mol. The maximum absolute atomic E-state index is 4.12. The van der Waals surface area contributed by atoms with Crippen molar-refractivity contribution in [1.29, 1.82) is 0 Å². The van der Waals surface area contributed by atoms with Gasteiger partial charge in [0.25, 0.3) is 0 Å². The zero-order chi connectivity index (χ0) is 11.5. The van der Waals surface area contributed by atoms with Gasteiger partial charge in [0, 0.05) is 29.2 Å². The normalized spacial score (nSPS) is 10.1. The van der Waals surface area contributed by atoms with E-state index in [1.807, 2.05) is 30.5 Å². The smallest absolute Gasteiger partial charge is 0.0510 e. The SMILES string of the molecule is C=Cc1[nH]c(-c2cccnc2)c(C)c1C=C. The zero-order valence-corrected chi connectivity index (χ0v) is 9.33. The van der Waals surface area contributed by atoms with Gasteiger partial charge in [-0.05, 0) is 30.7 Å². The number of nitrogens with one attached hydrogen (secondary N) is 1. The van der Waals surface area contributed by atoms with Crippen LogP contribution in [0.1, 0.15) is 16.8 Å². The van der Waals surface area contributed by atoms with E-state index in [2.05, 4.69) is 30.0 Å². The Morgan fingerprint density at radius 3 is 2.62 bits per heavy atom. The summed E-state index contributed by atoms with van der Waals surface area (Å²) in [4.78, 5) is 7.46. The molecule has 2 heterocycles. The van der Waals surface area contributed by atoms with Gasteiger partial charge in [0.1, 0.15) is 0 Å². The third-order valence-electron chi connectivity index (χ3n) is 2.69. The molecule has 80 valence electrons. The van der Waals surface area contributed by atoms with Crippen LogP contribution in [0.3, 0.4) is 0 Å². The number of rotatable bonds is 3. The lowest BCUT2D eigenvalue weighted by molar-refractivity contribution is 1.29. The van der Waals surface area contributed by atoms with E-state index in [4.69, 9.17) is 0 Å². The molecule has 2 rings (SSSR count). The van der Waals surface area contributed by atoms with Crippen LogP contribution in [-0.2, 0) is 0 Å². The lowest BCUT2D eigenvalue weighted by atomic mass is 10.1. The van der Waals surface area contributed by atoms with E-state index in [1.165, 1.54) is 5.56 Å². The maximum Gasteiger partial charge on any atom is 0.0510 e. The van der Waals surface area contributed by atoms with Gasteiger partial charge < -0.3 is 4.98 Å². The molecule has 0 radical (unpaired) electrons. The van der Waals surface area contributed by atoms with Gasteiger partial charge >= 0.3 is 0 Å². The standard InChI is InChI=1S/C14H14N2/c1-4-12-10(3)14(16-13(12)5-2)11-7-6-8-15-9-11/h4-9,16H,1-2H2,3H3. The fourth-order valence-corrected chi connectivity index (χ4v) is 1.86. The van der Waals surface area contributed by atoms with E-state index in [1.54, 1.807) is 6.20 Å². The molecule has 2 nitrogen and oxygen atoms in total. The summed E-state index contributed by atoms with van der Waals surface area (Å²) in [5.41, 5.74) is 5.45. The van der Waals surface area contributed by atoms with Crippen molar-refractivity contribution >= 4 is 12.2 Å². The fraction of sp³-hybridized carbons (Fsp3) is 0.0714. The van der Waals surface area contributed by atoms with E-state index in [9.17, 15) is 0 Å². The number of aromatic amines is 1. The lowest BCUT2D eigenvalue weighted by Gasteiger charge is -1.99. The third kappa shape index (κ3) is 1.58. The van der Waals surface area contributed by atoms with E-state index in [-0.39, 0.29) is 0 Å². The van der Waals surface area contributed by atoms with Crippen LogP contribution in [0.4, 0.5) is 0 Å². The predicted molar refractivity (Wildman–Crippen MR) is 68.9 cm³/mol. The molecule has 0 atom stereocenters. The summed E-state index contributed by atoms with van der Waals surface area (Å²) < 4.78 is 0. The molecule has 0 aliphatic heterocycles. The summed E-state index contributed by atoms with van der Waals surface area (Å²) in [6.45, 7) is 9.69. The van der Waals surface area contributed by atoms with Crippen LogP contribution in [0.15, 0.2) is 37.7 Å². The van der Waals surface area contributed by atoms with Crippen LogP contribution >= 0.6 is 0 Å². The highest BCUT2D eigenvalue weighted by Crippen LogP contribution is 2.28. The quantitative estimate of drug-likeness (QED) is 0.822.